The van der Waals surface area contributed by atoms with Crippen LogP contribution in [0.25, 0.3) is 22.3 Å². The number of benzene rings is 2. The molecule has 200 valence electrons. The molecule has 0 saturated heterocycles. The number of nitrogens with two attached hydrogens (primary N) is 1. The molecule has 4 aromatic rings. The minimum Gasteiger partial charge on any atom is -0.475 e. The van der Waals surface area contributed by atoms with Crippen molar-refractivity contribution in [2.45, 2.75) is 12.4 Å². The number of halogens is 7. The number of pyridine rings is 1. The van der Waals surface area contributed by atoms with E-state index in [0.717, 1.165) is 6.07 Å². The number of carbonyl (C=O) groups is 1. The fourth-order valence-corrected chi connectivity index (χ4v) is 3.23. The SMILES string of the molecule is CNc1nc(N)nc2nc(-c3c(Oc4ccc(Cl)cc4)cccc3C(F)(F)F)ccc12.O=C(O)C(F)(F)F. The van der Waals surface area contributed by atoms with E-state index >= 15 is 0 Å². The summed E-state index contributed by atoms with van der Waals surface area (Å²) in [5.74, 6) is -2.08. The van der Waals surface area contributed by atoms with Crippen LogP contribution < -0.4 is 15.8 Å². The topological polar surface area (TPSA) is 123 Å². The van der Waals surface area contributed by atoms with Gasteiger partial charge in [0.05, 0.1) is 22.2 Å². The number of hydrogen-bond acceptors (Lipinski definition) is 7. The van der Waals surface area contributed by atoms with Gasteiger partial charge in [0.2, 0.25) is 5.95 Å². The van der Waals surface area contributed by atoms with Gasteiger partial charge in [-0.3, -0.25) is 0 Å². The van der Waals surface area contributed by atoms with Crippen LogP contribution in [0.2, 0.25) is 5.02 Å². The third-order valence-electron chi connectivity index (χ3n) is 4.69. The predicted octanol–water partition coefficient (Wildman–Crippen LogP) is 6.41. The zero-order valence-corrected chi connectivity index (χ0v) is 19.8. The Morgan fingerprint density at radius 1 is 0.974 bits per heavy atom. The summed E-state index contributed by atoms with van der Waals surface area (Å²) >= 11 is 5.88. The van der Waals surface area contributed by atoms with Crippen molar-refractivity contribution in [2.75, 3.05) is 18.1 Å². The van der Waals surface area contributed by atoms with E-state index in [1.807, 2.05) is 0 Å². The first-order chi connectivity index (χ1) is 17.7. The van der Waals surface area contributed by atoms with Crippen molar-refractivity contribution in [3.8, 4) is 22.8 Å². The molecule has 0 unspecified atom stereocenters. The number of anilines is 2. The van der Waals surface area contributed by atoms with Gasteiger partial charge in [-0.15, -0.1) is 0 Å². The lowest BCUT2D eigenvalue weighted by Crippen LogP contribution is -2.21. The van der Waals surface area contributed by atoms with Gasteiger partial charge in [0.1, 0.15) is 17.3 Å². The Kier molecular flexibility index (Phi) is 8.15. The van der Waals surface area contributed by atoms with E-state index in [4.69, 9.17) is 32.0 Å². The van der Waals surface area contributed by atoms with Crippen LogP contribution in [0.1, 0.15) is 5.56 Å². The zero-order chi connectivity index (χ0) is 28.3. The Bertz CT molecular complexity index is 1460. The number of nitrogens with one attached hydrogen (secondary N) is 1. The Hall–Kier alpha value is -4.33. The number of aliphatic carboxylic acids is 1. The first kappa shape index (κ1) is 28.2. The number of nitrogen functional groups attached to an aromatic ring is 1. The van der Waals surface area contributed by atoms with Gasteiger partial charge in [-0.05, 0) is 48.5 Å². The number of carboxylic acid groups (broad SMARTS) is 1. The smallest absolute Gasteiger partial charge is 0.475 e. The molecule has 2 aromatic heterocycles. The molecule has 0 amide bonds. The van der Waals surface area contributed by atoms with E-state index < -0.39 is 23.9 Å². The van der Waals surface area contributed by atoms with Crippen molar-refractivity contribution in [3.63, 3.8) is 0 Å². The molecule has 0 radical (unpaired) electrons. The van der Waals surface area contributed by atoms with Crippen LogP contribution in [-0.4, -0.2) is 39.3 Å². The molecule has 0 atom stereocenters. The fourth-order valence-electron chi connectivity index (χ4n) is 3.10. The van der Waals surface area contributed by atoms with Crippen LogP contribution in [0.3, 0.4) is 0 Å². The predicted molar refractivity (Wildman–Crippen MR) is 127 cm³/mol. The molecule has 0 spiro atoms. The first-order valence-corrected chi connectivity index (χ1v) is 10.6. The van der Waals surface area contributed by atoms with Crippen LogP contribution in [0.15, 0.2) is 54.6 Å². The van der Waals surface area contributed by atoms with Crippen molar-refractivity contribution in [1.82, 2.24) is 15.0 Å². The second-order valence-corrected chi connectivity index (χ2v) is 7.72. The van der Waals surface area contributed by atoms with Crippen LogP contribution in [0, 0.1) is 0 Å². The van der Waals surface area contributed by atoms with Crippen LogP contribution in [0.4, 0.5) is 38.1 Å². The second-order valence-electron chi connectivity index (χ2n) is 7.28. The molecular formula is C23H16ClF6N5O3. The standard InChI is InChI=1S/C21H15ClF3N5O.C2HF3O2/c1-27-18-13-9-10-15(28-19(13)30-20(26)29-18)17-14(21(23,24)25)3-2-4-16(17)31-12-7-5-11(22)6-8-12;3-2(4,5)1(6)7/h2-10H,1H3,(H3,26,27,28,29,30);(H,6,7). The van der Waals surface area contributed by atoms with Gasteiger partial charge in [-0.2, -0.15) is 36.3 Å². The number of carboxylic acids is 1. The molecule has 0 saturated carbocycles. The van der Waals surface area contributed by atoms with E-state index in [0.29, 0.717) is 22.0 Å². The van der Waals surface area contributed by atoms with E-state index in [-0.39, 0.29) is 28.6 Å². The monoisotopic (exact) mass is 559 g/mol. The lowest BCUT2D eigenvalue weighted by atomic mass is 10.0. The summed E-state index contributed by atoms with van der Waals surface area (Å²) in [6, 6.07) is 13.0. The van der Waals surface area contributed by atoms with Gasteiger partial charge in [-0.25, -0.2) is 9.78 Å². The molecule has 8 nitrogen and oxygen atoms in total. The van der Waals surface area contributed by atoms with Gasteiger partial charge in [-0.1, -0.05) is 17.7 Å². The molecule has 38 heavy (non-hydrogen) atoms. The zero-order valence-electron chi connectivity index (χ0n) is 19.0. The van der Waals surface area contributed by atoms with E-state index in [9.17, 15) is 26.3 Å². The van der Waals surface area contributed by atoms with Gasteiger partial charge in [0, 0.05) is 12.1 Å². The number of rotatable bonds is 4. The Labute approximate surface area is 215 Å². The maximum Gasteiger partial charge on any atom is 0.490 e. The minimum atomic E-state index is -5.08. The number of ether oxygens (including phenoxy) is 1. The summed E-state index contributed by atoms with van der Waals surface area (Å²) in [5, 5.41) is 11.0. The molecule has 0 bridgehead atoms. The van der Waals surface area contributed by atoms with Crippen molar-refractivity contribution in [1.29, 1.82) is 0 Å². The molecule has 15 heteroatoms. The average molecular weight is 560 g/mol. The summed E-state index contributed by atoms with van der Waals surface area (Å²) in [4.78, 5) is 21.4. The van der Waals surface area contributed by atoms with Gasteiger partial charge in [0.15, 0.2) is 5.65 Å². The summed E-state index contributed by atoms with van der Waals surface area (Å²) < 4.78 is 79.0. The Balaban J connectivity index is 0.000000505. The second kappa shape index (κ2) is 11.0. The molecule has 2 heterocycles. The third kappa shape index (κ3) is 6.70. The highest BCUT2D eigenvalue weighted by Gasteiger charge is 2.38. The molecule has 4 rings (SSSR count). The number of alkyl halides is 6. The summed E-state index contributed by atoms with van der Waals surface area (Å²) in [7, 11) is 1.64. The summed E-state index contributed by atoms with van der Waals surface area (Å²) in [6.07, 6.45) is -9.72. The molecular weight excluding hydrogens is 544 g/mol. The first-order valence-electron chi connectivity index (χ1n) is 10.3. The third-order valence-corrected chi connectivity index (χ3v) is 4.94. The number of fused-ring (bicyclic) bond motifs is 1. The average Bonchev–Trinajstić information content (AvgIpc) is 2.83. The van der Waals surface area contributed by atoms with Gasteiger partial charge >= 0.3 is 18.3 Å². The fraction of sp³-hybridized carbons (Fsp3) is 0.130. The molecule has 2 aromatic carbocycles. The van der Waals surface area contributed by atoms with Gasteiger partial charge in [0.25, 0.3) is 0 Å². The maximum absolute atomic E-state index is 13.8. The lowest BCUT2D eigenvalue weighted by molar-refractivity contribution is -0.192. The van der Waals surface area contributed by atoms with E-state index in [1.165, 1.54) is 18.2 Å². The quantitative estimate of drug-likeness (QED) is 0.245. The van der Waals surface area contributed by atoms with Crippen molar-refractivity contribution in [3.05, 3.63) is 65.2 Å². The number of nitrogens with zero attached hydrogens (tertiary/aromatic N) is 3. The molecule has 4 N–H and O–H groups in total. The molecule has 0 fully saturated rings. The number of aromatic nitrogens is 3. The van der Waals surface area contributed by atoms with Crippen molar-refractivity contribution >= 4 is 40.4 Å². The van der Waals surface area contributed by atoms with E-state index in [1.54, 1.807) is 37.4 Å². The molecule has 0 aliphatic carbocycles. The van der Waals surface area contributed by atoms with E-state index in [2.05, 4.69) is 20.3 Å². The van der Waals surface area contributed by atoms with Crippen molar-refractivity contribution < 1.29 is 41.0 Å². The largest absolute Gasteiger partial charge is 0.490 e. The highest BCUT2D eigenvalue weighted by atomic mass is 35.5. The summed E-state index contributed by atoms with van der Waals surface area (Å²) in [5.41, 5.74) is 4.80. The highest BCUT2D eigenvalue weighted by Crippen LogP contribution is 2.43. The molecule has 0 aliphatic rings. The van der Waals surface area contributed by atoms with Crippen LogP contribution in [0.5, 0.6) is 11.5 Å². The highest BCUT2D eigenvalue weighted by molar-refractivity contribution is 6.30. The minimum absolute atomic E-state index is 0.0140. The molecule has 0 aliphatic heterocycles. The van der Waals surface area contributed by atoms with Crippen molar-refractivity contribution in [2.24, 2.45) is 0 Å². The van der Waals surface area contributed by atoms with Crippen LogP contribution in [-0.2, 0) is 11.0 Å². The Morgan fingerprint density at radius 2 is 1.61 bits per heavy atom. The Morgan fingerprint density at radius 3 is 2.16 bits per heavy atom. The maximum atomic E-state index is 13.8. The van der Waals surface area contributed by atoms with Crippen LogP contribution >= 0.6 is 11.6 Å². The lowest BCUT2D eigenvalue weighted by Gasteiger charge is -2.17. The normalized spacial score (nSPS) is 11.5. The number of hydrogen-bond donors (Lipinski definition) is 3. The van der Waals surface area contributed by atoms with Gasteiger partial charge < -0.3 is 20.9 Å². The summed E-state index contributed by atoms with van der Waals surface area (Å²) in [6.45, 7) is 0.